The summed E-state index contributed by atoms with van der Waals surface area (Å²) in [5.41, 5.74) is 8.13. The first-order valence-electron chi connectivity index (χ1n) is 9.05. The van der Waals surface area contributed by atoms with Crippen LogP contribution < -0.4 is 11.1 Å². The molecule has 1 heterocycles. The number of benzene rings is 2. The van der Waals surface area contributed by atoms with Gasteiger partial charge in [0.05, 0.1) is 12.2 Å². The second-order valence-corrected chi connectivity index (χ2v) is 7.28. The van der Waals surface area contributed by atoms with E-state index in [1.54, 1.807) is 6.92 Å². The van der Waals surface area contributed by atoms with E-state index in [-0.39, 0.29) is 0 Å². The van der Waals surface area contributed by atoms with Crippen LogP contribution in [0.3, 0.4) is 0 Å². The lowest BCUT2D eigenvalue weighted by Gasteiger charge is -2.24. The van der Waals surface area contributed by atoms with Gasteiger partial charge in [-0.3, -0.25) is 9.59 Å². The number of primary amides is 1. The van der Waals surface area contributed by atoms with Gasteiger partial charge in [-0.1, -0.05) is 30.3 Å². The third kappa shape index (κ3) is 3.64. The molecule has 2 amide bonds. The molecule has 0 saturated heterocycles. The lowest BCUT2D eigenvalue weighted by atomic mass is 9.98. The zero-order valence-electron chi connectivity index (χ0n) is 16.2. The van der Waals surface area contributed by atoms with Crippen LogP contribution >= 0.6 is 0 Å². The monoisotopic (exact) mass is 380 g/mol. The quantitative estimate of drug-likeness (QED) is 0.611. The fourth-order valence-corrected chi connectivity index (χ4v) is 3.18. The maximum absolute atomic E-state index is 12.9. The largest absolute Gasteiger partial charge is 0.461 e. The lowest BCUT2D eigenvalue weighted by molar-refractivity contribution is -0.124. The Morgan fingerprint density at radius 1 is 1.18 bits per heavy atom. The van der Waals surface area contributed by atoms with Crippen molar-refractivity contribution >= 4 is 22.8 Å². The molecule has 6 nitrogen and oxygen atoms in total. The number of carbonyl (C=O) groups excluding carboxylic acids is 2. The number of furan rings is 1. The second kappa shape index (κ2) is 7.48. The van der Waals surface area contributed by atoms with Crippen molar-refractivity contribution in [2.45, 2.75) is 32.7 Å². The first-order chi connectivity index (χ1) is 13.2. The van der Waals surface area contributed by atoms with Gasteiger partial charge in [0.25, 0.3) is 5.91 Å². The molecule has 0 radical (unpaired) electrons. The highest BCUT2D eigenvalue weighted by atomic mass is 16.3. The Morgan fingerprint density at radius 2 is 1.89 bits per heavy atom. The number of nitrogens with one attached hydrogen (secondary N) is 1. The first kappa shape index (κ1) is 19.6. The minimum absolute atomic E-state index is 0.336. The number of amides is 2. The number of fused-ring (bicyclic) bond motifs is 1. The highest BCUT2D eigenvalue weighted by molar-refractivity contribution is 6.09. The van der Waals surface area contributed by atoms with Gasteiger partial charge >= 0.3 is 0 Å². The number of hydrogen-bond acceptors (Lipinski definition) is 4. The van der Waals surface area contributed by atoms with Crippen molar-refractivity contribution in [1.29, 1.82) is 0 Å². The van der Waals surface area contributed by atoms with Gasteiger partial charge in [-0.25, -0.2) is 0 Å². The first-order valence-corrected chi connectivity index (χ1v) is 9.05. The minimum Gasteiger partial charge on any atom is -0.461 e. The fourth-order valence-electron chi connectivity index (χ4n) is 3.18. The van der Waals surface area contributed by atoms with E-state index in [9.17, 15) is 14.7 Å². The molecule has 0 aliphatic carbocycles. The SMILES string of the molecule is Cc1ccccc1Cc1ccc2oc(C)c(C(=O)N[C@@](C)(CO)C(N)=O)c2c1. The predicted octanol–water partition coefficient (Wildman–Crippen LogP) is 2.61. The van der Waals surface area contributed by atoms with Crippen molar-refractivity contribution in [3.63, 3.8) is 0 Å². The maximum atomic E-state index is 12.9. The number of aryl methyl sites for hydroxylation is 2. The molecule has 0 spiro atoms. The van der Waals surface area contributed by atoms with Crippen LogP contribution in [0.15, 0.2) is 46.9 Å². The summed E-state index contributed by atoms with van der Waals surface area (Å²) in [5.74, 6) is -0.890. The average molecular weight is 380 g/mol. The zero-order valence-corrected chi connectivity index (χ0v) is 16.2. The third-order valence-corrected chi connectivity index (χ3v) is 5.06. The van der Waals surface area contributed by atoms with E-state index in [1.165, 1.54) is 18.1 Å². The summed E-state index contributed by atoms with van der Waals surface area (Å²) in [7, 11) is 0. The van der Waals surface area contributed by atoms with Crippen LogP contribution in [0.5, 0.6) is 0 Å². The van der Waals surface area contributed by atoms with Gasteiger partial charge < -0.3 is 20.6 Å². The van der Waals surface area contributed by atoms with Crippen LogP contribution in [0.1, 0.15) is 39.7 Å². The smallest absolute Gasteiger partial charge is 0.256 e. The highest BCUT2D eigenvalue weighted by Gasteiger charge is 2.34. The minimum atomic E-state index is -1.55. The van der Waals surface area contributed by atoms with Crippen molar-refractivity contribution in [2.75, 3.05) is 6.61 Å². The summed E-state index contributed by atoms with van der Waals surface area (Å²) in [6.07, 6.45) is 0.726. The molecule has 1 aromatic heterocycles. The molecule has 1 atom stereocenters. The standard InChI is InChI=1S/C22H24N2O4/c1-13-6-4-5-7-16(13)10-15-8-9-18-17(11-15)19(14(2)28-18)20(26)24-22(3,12-25)21(23)27/h4-9,11,25H,10,12H2,1-3H3,(H2,23,27)(H,24,26)/t22-/m0/s1. The van der Waals surface area contributed by atoms with E-state index in [0.717, 1.165) is 12.0 Å². The molecule has 0 unspecified atom stereocenters. The average Bonchev–Trinajstić information content (AvgIpc) is 2.98. The van der Waals surface area contributed by atoms with Crippen LogP contribution in [0, 0.1) is 13.8 Å². The second-order valence-electron chi connectivity index (χ2n) is 7.28. The fraction of sp³-hybridized carbons (Fsp3) is 0.273. The van der Waals surface area contributed by atoms with E-state index in [4.69, 9.17) is 10.2 Å². The Bertz CT molecular complexity index is 1050. The summed E-state index contributed by atoms with van der Waals surface area (Å²) in [4.78, 5) is 24.5. The Morgan fingerprint density at radius 3 is 2.54 bits per heavy atom. The van der Waals surface area contributed by atoms with E-state index in [2.05, 4.69) is 24.4 Å². The number of hydrogen-bond donors (Lipinski definition) is 3. The molecular weight excluding hydrogens is 356 g/mol. The molecule has 0 aliphatic rings. The third-order valence-electron chi connectivity index (χ3n) is 5.06. The molecule has 146 valence electrons. The van der Waals surface area contributed by atoms with Crippen LogP contribution in [0.4, 0.5) is 0 Å². The number of aliphatic hydroxyl groups excluding tert-OH is 1. The Labute approximate surface area is 163 Å². The zero-order chi connectivity index (χ0) is 20.5. The van der Waals surface area contributed by atoms with Crippen molar-refractivity contribution < 1.29 is 19.1 Å². The van der Waals surface area contributed by atoms with Gasteiger partial charge in [-0.2, -0.15) is 0 Å². The van der Waals surface area contributed by atoms with Crippen LogP contribution in [-0.4, -0.2) is 29.1 Å². The molecule has 0 fully saturated rings. The number of nitrogens with two attached hydrogens (primary N) is 1. The summed E-state index contributed by atoms with van der Waals surface area (Å²) in [5, 5.41) is 12.7. The maximum Gasteiger partial charge on any atom is 0.256 e. The van der Waals surface area contributed by atoms with E-state index in [1.807, 2.05) is 30.3 Å². The number of rotatable bonds is 6. The van der Waals surface area contributed by atoms with Crippen molar-refractivity contribution in [3.8, 4) is 0 Å². The van der Waals surface area contributed by atoms with Crippen LogP contribution in [-0.2, 0) is 11.2 Å². The molecule has 28 heavy (non-hydrogen) atoms. The van der Waals surface area contributed by atoms with Gasteiger partial charge in [-0.05, 0) is 56.0 Å². The van der Waals surface area contributed by atoms with Gasteiger partial charge in [0.2, 0.25) is 5.91 Å². The van der Waals surface area contributed by atoms with Crippen molar-refractivity contribution in [2.24, 2.45) is 5.73 Å². The molecular formula is C22H24N2O4. The Hall–Kier alpha value is -3.12. The van der Waals surface area contributed by atoms with Crippen molar-refractivity contribution in [1.82, 2.24) is 5.32 Å². The molecule has 0 bridgehead atoms. The molecule has 3 aromatic rings. The summed E-state index contributed by atoms with van der Waals surface area (Å²) in [6, 6.07) is 13.9. The van der Waals surface area contributed by atoms with Gasteiger partial charge in [0, 0.05) is 5.39 Å². The predicted molar refractivity (Wildman–Crippen MR) is 107 cm³/mol. The van der Waals surface area contributed by atoms with E-state index >= 15 is 0 Å². The van der Waals surface area contributed by atoms with Crippen LogP contribution in [0.2, 0.25) is 0 Å². The summed E-state index contributed by atoms with van der Waals surface area (Å²) in [6.45, 7) is 4.54. The topological polar surface area (TPSA) is 106 Å². The van der Waals surface area contributed by atoms with Gasteiger partial charge in [0.15, 0.2) is 0 Å². The van der Waals surface area contributed by atoms with E-state index in [0.29, 0.717) is 22.3 Å². The number of aliphatic hydroxyl groups is 1. The van der Waals surface area contributed by atoms with Gasteiger partial charge in [0.1, 0.15) is 16.9 Å². The van der Waals surface area contributed by atoms with Crippen molar-refractivity contribution in [3.05, 3.63) is 70.5 Å². The molecule has 0 aliphatic heterocycles. The summed E-state index contributed by atoms with van der Waals surface area (Å²) >= 11 is 0. The molecule has 6 heteroatoms. The highest BCUT2D eigenvalue weighted by Crippen LogP contribution is 2.28. The molecule has 2 aromatic carbocycles. The van der Waals surface area contributed by atoms with E-state index < -0.39 is 24.0 Å². The van der Waals surface area contributed by atoms with Gasteiger partial charge in [-0.15, -0.1) is 0 Å². The summed E-state index contributed by atoms with van der Waals surface area (Å²) < 4.78 is 5.72. The lowest BCUT2D eigenvalue weighted by Crippen LogP contribution is -2.57. The molecule has 4 N–H and O–H groups in total. The molecule has 3 rings (SSSR count). The van der Waals surface area contributed by atoms with Crippen LogP contribution in [0.25, 0.3) is 11.0 Å². The Kier molecular flexibility index (Phi) is 5.25. The Balaban J connectivity index is 1.99. The number of carbonyl (C=O) groups is 2. The molecule has 0 saturated carbocycles. The normalized spacial score (nSPS) is 13.3.